The second-order valence-corrected chi connectivity index (χ2v) is 6.97. The molecule has 140 valence electrons. The van der Waals surface area contributed by atoms with Crippen LogP contribution >= 0.6 is 0 Å². The molecule has 2 aromatic heterocycles. The van der Waals surface area contributed by atoms with E-state index in [1.54, 1.807) is 17.3 Å². The number of anilines is 1. The first-order valence-electron chi connectivity index (χ1n) is 9.13. The molecule has 0 saturated carbocycles. The van der Waals surface area contributed by atoms with E-state index in [0.717, 1.165) is 31.6 Å². The predicted molar refractivity (Wildman–Crippen MR) is 97.5 cm³/mol. The third-order valence-electron chi connectivity index (χ3n) is 5.26. The van der Waals surface area contributed by atoms with Gasteiger partial charge in [0.15, 0.2) is 0 Å². The zero-order valence-corrected chi connectivity index (χ0v) is 14.9. The fraction of sp³-hybridized carbons (Fsp3) is 0.421. The Kier molecular flexibility index (Phi) is 4.70. The Morgan fingerprint density at radius 2 is 1.93 bits per heavy atom. The summed E-state index contributed by atoms with van der Waals surface area (Å²) in [6, 6.07) is 5.52. The Balaban J connectivity index is 1.57. The lowest BCUT2D eigenvalue weighted by Gasteiger charge is -2.19. The largest absolute Gasteiger partial charge is 0.481 e. The molecule has 0 radical (unpaired) electrons. The van der Waals surface area contributed by atoms with Crippen LogP contribution in [-0.2, 0) is 4.79 Å². The first kappa shape index (κ1) is 17.4. The van der Waals surface area contributed by atoms with E-state index in [1.807, 2.05) is 23.1 Å². The number of aliphatic carboxylic acids is 1. The van der Waals surface area contributed by atoms with Crippen molar-refractivity contribution in [3.63, 3.8) is 0 Å². The molecule has 2 aliphatic rings. The van der Waals surface area contributed by atoms with E-state index < -0.39 is 11.9 Å². The first-order chi connectivity index (χ1) is 13.1. The van der Waals surface area contributed by atoms with E-state index in [9.17, 15) is 14.7 Å². The van der Waals surface area contributed by atoms with Gasteiger partial charge in [-0.25, -0.2) is 4.98 Å². The molecular formula is C19H21N5O3. The molecule has 27 heavy (non-hydrogen) atoms. The number of aromatic nitrogens is 3. The maximum Gasteiger partial charge on any atom is 0.309 e. The van der Waals surface area contributed by atoms with Crippen LogP contribution in [0.15, 0.2) is 36.8 Å². The van der Waals surface area contributed by atoms with Gasteiger partial charge in [0.05, 0.1) is 18.3 Å². The number of carbonyl (C=O) groups excluding carboxylic acids is 1. The lowest BCUT2D eigenvalue weighted by molar-refractivity contribution is -0.141. The lowest BCUT2D eigenvalue weighted by Crippen LogP contribution is -2.29. The Labute approximate surface area is 156 Å². The van der Waals surface area contributed by atoms with Crippen molar-refractivity contribution >= 4 is 17.7 Å². The van der Waals surface area contributed by atoms with Gasteiger partial charge in [-0.2, -0.15) is 0 Å². The molecule has 2 aliphatic heterocycles. The molecule has 0 aliphatic carbocycles. The highest BCUT2D eigenvalue weighted by molar-refractivity contribution is 5.92. The Bertz CT molecular complexity index is 838. The molecule has 2 fully saturated rings. The molecule has 2 atom stereocenters. The van der Waals surface area contributed by atoms with Gasteiger partial charge in [0.2, 0.25) is 0 Å². The number of nitrogens with zero attached hydrogens (tertiary/aromatic N) is 5. The smallest absolute Gasteiger partial charge is 0.309 e. The van der Waals surface area contributed by atoms with Crippen molar-refractivity contribution in [3.8, 4) is 0 Å². The van der Waals surface area contributed by atoms with Gasteiger partial charge in [0.25, 0.3) is 5.91 Å². The molecule has 1 N–H and O–H groups in total. The fourth-order valence-corrected chi connectivity index (χ4v) is 3.83. The molecule has 2 aromatic rings. The summed E-state index contributed by atoms with van der Waals surface area (Å²) in [5.74, 6) is -1.25. The fourth-order valence-electron chi connectivity index (χ4n) is 3.83. The zero-order chi connectivity index (χ0) is 18.8. The van der Waals surface area contributed by atoms with Gasteiger partial charge in [-0.1, -0.05) is 6.07 Å². The van der Waals surface area contributed by atoms with E-state index >= 15 is 0 Å². The molecule has 0 spiro atoms. The maximum absolute atomic E-state index is 12.6. The Morgan fingerprint density at radius 1 is 1.11 bits per heavy atom. The average molecular weight is 367 g/mol. The van der Waals surface area contributed by atoms with Crippen molar-refractivity contribution in [1.82, 2.24) is 19.9 Å². The molecule has 2 saturated heterocycles. The summed E-state index contributed by atoms with van der Waals surface area (Å²) in [7, 11) is 0. The highest BCUT2D eigenvalue weighted by Gasteiger charge is 2.40. The van der Waals surface area contributed by atoms with Crippen LogP contribution in [0.25, 0.3) is 0 Å². The first-order valence-corrected chi connectivity index (χ1v) is 9.13. The minimum atomic E-state index is -0.856. The van der Waals surface area contributed by atoms with Gasteiger partial charge in [0, 0.05) is 44.0 Å². The van der Waals surface area contributed by atoms with Gasteiger partial charge in [0.1, 0.15) is 11.5 Å². The number of rotatable bonds is 4. The second kappa shape index (κ2) is 7.30. The van der Waals surface area contributed by atoms with Gasteiger partial charge in [-0.05, 0) is 25.0 Å². The highest BCUT2D eigenvalue weighted by Crippen LogP contribution is 2.34. The molecule has 0 unspecified atom stereocenters. The average Bonchev–Trinajstić information content (AvgIpc) is 3.38. The number of likely N-dealkylation sites (tertiary alicyclic amines) is 1. The normalized spacial score (nSPS) is 22.2. The molecule has 8 heteroatoms. The van der Waals surface area contributed by atoms with Crippen LogP contribution in [0.5, 0.6) is 0 Å². The van der Waals surface area contributed by atoms with Crippen molar-refractivity contribution in [2.45, 2.75) is 18.8 Å². The van der Waals surface area contributed by atoms with Crippen LogP contribution in [0.1, 0.15) is 34.9 Å². The van der Waals surface area contributed by atoms with Crippen LogP contribution < -0.4 is 4.90 Å². The van der Waals surface area contributed by atoms with Crippen molar-refractivity contribution in [1.29, 1.82) is 0 Å². The minimum absolute atomic E-state index is 0.114. The number of hydrogen-bond donors (Lipinski definition) is 1. The summed E-state index contributed by atoms with van der Waals surface area (Å²) in [5.41, 5.74) is 1.06. The third-order valence-corrected chi connectivity index (χ3v) is 5.26. The monoisotopic (exact) mass is 367 g/mol. The number of pyridine rings is 1. The molecule has 4 heterocycles. The number of carboxylic acid groups (broad SMARTS) is 1. The predicted octanol–water partition coefficient (Wildman–Crippen LogP) is 1.41. The summed E-state index contributed by atoms with van der Waals surface area (Å²) in [6.45, 7) is 2.28. The van der Waals surface area contributed by atoms with Crippen molar-refractivity contribution < 1.29 is 14.7 Å². The molecule has 1 amide bonds. The summed E-state index contributed by atoms with van der Waals surface area (Å²) in [4.78, 5) is 41.0. The topological polar surface area (TPSA) is 99.5 Å². The van der Waals surface area contributed by atoms with E-state index in [0.29, 0.717) is 24.6 Å². The summed E-state index contributed by atoms with van der Waals surface area (Å²) < 4.78 is 0. The van der Waals surface area contributed by atoms with Crippen LogP contribution in [0.2, 0.25) is 0 Å². The van der Waals surface area contributed by atoms with Crippen molar-refractivity contribution in [3.05, 3.63) is 48.2 Å². The molecule has 0 aromatic carbocycles. The van der Waals surface area contributed by atoms with Crippen LogP contribution in [0.4, 0.5) is 5.82 Å². The number of carbonyl (C=O) groups is 2. The SMILES string of the molecule is O=C(O)[C@@H]1CN(c2cncc(C(=O)N3CCCC3)n2)C[C@H]1c1ccccn1. The zero-order valence-electron chi connectivity index (χ0n) is 14.9. The standard InChI is InChI=1S/C19H21N5O3/c25-18(23-7-3-4-8-23)16-9-20-10-17(22-16)24-11-13(14(12-24)19(26)27)15-5-1-2-6-21-15/h1-2,5-6,9-10,13-14H,3-4,7-8,11-12H2,(H,26,27)/t13-,14-/m1/s1. The minimum Gasteiger partial charge on any atom is -0.481 e. The van der Waals surface area contributed by atoms with Gasteiger partial charge < -0.3 is 14.9 Å². The Morgan fingerprint density at radius 3 is 2.63 bits per heavy atom. The van der Waals surface area contributed by atoms with Crippen LogP contribution in [0, 0.1) is 5.92 Å². The van der Waals surface area contributed by atoms with E-state index in [1.165, 1.54) is 6.20 Å². The highest BCUT2D eigenvalue weighted by atomic mass is 16.4. The number of carboxylic acids is 1. The van der Waals surface area contributed by atoms with Gasteiger partial charge >= 0.3 is 5.97 Å². The quantitative estimate of drug-likeness (QED) is 0.872. The summed E-state index contributed by atoms with van der Waals surface area (Å²) in [5, 5.41) is 9.64. The van der Waals surface area contributed by atoms with Crippen LogP contribution in [0.3, 0.4) is 0 Å². The Hall–Kier alpha value is -3.03. The molecule has 0 bridgehead atoms. The summed E-state index contributed by atoms with van der Waals surface area (Å²) in [6.07, 6.45) is 6.76. The maximum atomic E-state index is 12.6. The van der Waals surface area contributed by atoms with E-state index in [4.69, 9.17) is 0 Å². The summed E-state index contributed by atoms with van der Waals surface area (Å²) >= 11 is 0. The molecule has 4 rings (SSSR count). The second-order valence-electron chi connectivity index (χ2n) is 6.97. The van der Waals surface area contributed by atoms with Crippen molar-refractivity contribution in [2.24, 2.45) is 5.92 Å². The van der Waals surface area contributed by atoms with Crippen molar-refractivity contribution in [2.75, 3.05) is 31.1 Å². The van der Waals surface area contributed by atoms with E-state index in [-0.39, 0.29) is 11.8 Å². The lowest BCUT2D eigenvalue weighted by atomic mass is 9.93. The molecule has 8 nitrogen and oxygen atoms in total. The third kappa shape index (κ3) is 3.47. The van der Waals surface area contributed by atoms with E-state index in [2.05, 4.69) is 15.0 Å². The number of amides is 1. The van der Waals surface area contributed by atoms with Gasteiger partial charge in [-0.3, -0.25) is 19.6 Å². The van der Waals surface area contributed by atoms with Crippen LogP contribution in [-0.4, -0.2) is 63.0 Å². The number of hydrogen-bond acceptors (Lipinski definition) is 6. The van der Waals surface area contributed by atoms with Gasteiger partial charge in [-0.15, -0.1) is 0 Å². The molecular weight excluding hydrogens is 346 g/mol.